The third-order valence-corrected chi connectivity index (χ3v) is 7.79. The number of fused-ring (bicyclic) bond motifs is 3. The van der Waals surface area contributed by atoms with Gasteiger partial charge in [0.15, 0.2) is 12.1 Å². The molecule has 3 fully saturated rings. The summed E-state index contributed by atoms with van der Waals surface area (Å²) in [6, 6.07) is 0. The Bertz CT molecular complexity index is 760. The van der Waals surface area contributed by atoms with Gasteiger partial charge in [0.05, 0.1) is 30.7 Å². The van der Waals surface area contributed by atoms with Crippen LogP contribution in [0.4, 0.5) is 0 Å². The lowest BCUT2D eigenvalue weighted by Crippen LogP contribution is -2.50. The standard InChI is InChI=1S/C21H28O7/c1-20-6-5-11(22)7-10(20)8-14(23)16-13(20)4-3-12-17-15(27-19(16)25)9-26-21(17,2)28-18(12)24/h3,8,11,13-18,22-24H,4-7,9H2,1-2H3/b12-3-/t11-,13-,14+,15+,16+,17+,18-,20-,21+/m0/s1. The number of aliphatic hydroxyl groups is 3. The highest BCUT2D eigenvalue weighted by Crippen LogP contribution is 2.56. The average Bonchev–Trinajstić information content (AvgIpc) is 3.07. The largest absolute Gasteiger partial charge is 0.459 e. The van der Waals surface area contributed by atoms with E-state index in [1.54, 1.807) is 13.0 Å². The van der Waals surface area contributed by atoms with Crippen molar-refractivity contribution in [2.45, 2.75) is 69.9 Å². The predicted molar refractivity (Wildman–Crippen MR) is 96.6 cm³/mol. The molecule has 0 unspecified atom stereocenters. The van der Waals surface area contributed by atoms with E-state index in [0.29, 0.717) is 24.8 Å². The summed E-state index contributed by atoms with van der Waals surface area (Å²) in [4.78, 5) is 13.2. The van der Waals surface area contributed by atoms with Crippen molar-refractivity contribution >= 4 is 5.97 Å². The molecule has 3 heterocycles. The minimum atomic E-state index is -1.09. The number of aliphatic hydroxyl groups excluding tert-OH is 3. The number of rotatable bonds is 0. The lowest BCUT2D eigenvalue weighted by Gasteiger charge is -2.50. The molecule has 0 aromatic carbocycles. The topological polar surface area (TPSA) is 105 Å². The number of hydrogen-bond acceptors (Lipinski definition) is 7. The SMILES string of the molecule is C[C@]12OC[C@H]3OC(=O)[C@H]4[C@H](O)C=C5C[C@@H](O)CC[C@]5(C)[C@H]4C/C=C(/[C@H]31)[C@@H](O)O2. The van der Waals surface area contributed by atoms with Gasteiger partial charge in [0.2, 0.25) is 0 Å². The van der Waals surface area contributed by atoms with Gasteiger partial charge in [-0.3, -0.25) is 4.79 Å². The van der Waals surface area contributed by atoms with Gasteiger partial charge in [0.25, 0.3) is 0 Å². The molecule has 2 saturated heterocycles. The van der Waals surface area contributed by atoms with Crippen molar-refractivity contribution in [1.82, 2.24) is 0 Å². The number of esters is 1. The second-order valence-electron chi connectivity index (χ2n) is 9.32. The summed E-state index contributed by atoms with van der Waals surface area (Å²) in [7, 11) is 0. The smallest absolute Gasteiger partial charge is 0.312 e. The minimum Gasteiger partial charge on any atom is -0.459 e. The summed E-state index contributed by atoms with van der Waals surface area (Å²) in [5.41, 5.74) is 1.41. The second-order valence-corrected chi connectivity index (χ2v) is 9.32. The van der Waals surface area contributed by atoms with Crippen LogP contribution in [0, 0.1) is 23.2 Å². The molecule has 3 aliphatic heterocycles. The van der Waals surface area contributed by atoms with Crippen LogP contribution in [0.2, 0.25) is 0 Å². The van der Waals surface area contributed by atoms with Crippen LogP contribution in [-0.2, 0) is 19.0 Å². The fourth-order valence-electron chi connectivity index (χ4n) is 6.21. The van der Waals surface area contributed by atoms with Gasteiger partial charge in [0, 0.05) is 0 Å². The van der Waals surface area contributed by atoms with Crippen molar-refractivity contribution in [3.8, 4) is 0 Å². The van der Waals surface area contributed by atoms with Crippen molar-refractivity contribution in [3.05, 3.63) is 23.3 Å². The zero-order valence-electron chi connectivity index (χ0n) is 16.2. The van der Waals surface area contributed by atoms with Crippen molar-refractivity contribution in [1.29, 1.82) is 0 Å². The van der Waals surface area contributed by atoms with E-state index in [1.165, 1.54) is 0 Å². The molecule has 7 nitrogen and oxygen atoms in total. The molecular formula is C21H28O7. The summed E-state index contributed by atoms with van der Waals surface area (Å²) < 4.78 is 17.2. The maximum atomic E-state index is 13.2. The van der Waals surface area contributed by atoms with Crippen LogP contribution in [0.3, 0.4) is 0 Å². The van der Waals surface area contributed by atoms with E-state index in [4.69, 9.17) is 14.2 Å². The molecule has 3 N–H and O–H groups in total. The van der Waals surface area contributed by atoms with E-state index < -0.39 is 42.3 Å². The third-order valence-electron chi connectivity index (χ3n) is 7.79. The van der Waals surface area contributed by atoms with Gasteiger partial charge in [-0.05, 0) is 49.5 Å². The molecule has 5 aliphatic rings. The molecule has 5 rings (SSSR count). The average molecular weight is 392 g/mol. The first kappa shape index (κ1) is 18.8. The Labute approximate surface area is 164 Å². The van der Waals surface area contributed by atoms with Gasteiger partial charge >= 0.3 is 5.97 Å². The lowest BCUT2D eigenvalue weighted by atomic mass is 9.55. The molecule has 7 heteroatoms. The number of allylic oxidation sites excluding steroid dienone is 1. The maximum absolute atomic E-state index is 13.2. The van der Waals surface area contributed by atoms with E-state index in [2.05, 4.69) is 6.92 Å². The first-order valence-electron chi connectivity index (χ1n) is 10.2. The molecule has 0 bridgehead atoms. The van der Waals surface area contributed by atoms with Crippen molar-refractivity contribution in [3.63, 3.8) is 0 Å². The van der Waals surface area contributed by atoms with Crippen molar-refractivity contribution < 1.29 is 34.3 Å². The van der Waals surface area contributed by atoms with Crippen LogP contribution in [0.15, 0.2) is 23.3 Å². The second kappa shape index (κ2) is 6.12. The van der Waals surface area contributed by atoms with Crippen molar-refractivity contribution in [2.24, 2.45) is 23.2 Å². The fourth-order valence-corrected chi connectivity index (χ4v) is 6.21. The van der Waals surface area contributed by atoms with E-state index in [1.807, 2.05) is 6.08 Å². The highest BCUT2D eigenvalue weighted by Gasteiger charge is 2.61. The molecule has 0 aromatic heterocycles. The molecule has 1 saturated carbocycles. The van der Waals surface area contributed by atoms with Crippen LogP contribution in [0.25, 0.3) is 0 Å². The van der Waals surface area contributed by atoms with Crippen LogP contribution in [0.5, 0.6) is 0 Å². The normalized spacial score (nSPS) is 54.8. The summed E-state index contributed by atoms with van der Waals surface area (Å²) >= 11 is 0. The monoisotopic (exact) mass is 392 g/mol. The number of carbonyl (C=O) groups excluding carboxylic acids is 1. The quantitative estimate of drug-likeness (QED) is 0.418. The first-order chi connectivity index (χ1) is 13.2. The Morgan fingerprint density at radius 2 is 2.00 bits per heavy atom. The van der Waals surface area contributed by atoms with Gasteiger partial charge in [-0.2, -0.15) is 0 Å². The number of carbonyl (C=O) groups is 1. The summed E-state index contributed by atoms with van der Waals surface area (Å²) in [5.74, 6) is -2.63. The molecule has 0 spiro atoms. The molecule has 0 amide bonds. The number of ether oxygens (including phenoxy) is 3. The van der Waals surface area contributed by atoms with E-state index >= 15 is 0 Å². The maximum Gasteiger partial charge on any atom is 0.312 e. The summed E-state index contributed by atoms with van der Waals surface area (Å²) in [6.45, 7) is 4.08. The molecule has 9 atom stereocenters. The molecular weight excluding hydrogens is 364 g/mol. The molecule has 154 valence electrons. The van der Waals surface area contributed by atoms with E-state index in [9.17, 15) is 20.1 Å². The fraction of sp³-hybridized carbons (Fsp3) is 0.762. The zero-order valence-corrected chi connectivity index (χ0v) is 16.2. The van der Waals surface area contributed by atoms with Gasteiger partial charge < -0.3 is 29.5 Å². The van der Waals surface area contributed by atoms with Crippen LogP contribution < -0.4 is 0 Å². The zero-order chi connectivity index (χ0) is 19.8. The van der Waals surface area contributed by atoms with Gasteiger partial charge in [-0.15, -0.1) is 0 Å². The van der Waals surface area contributed by atoms with Crippen LogP contribution >= 0.6 is 0 Å². The van der Waals surface area contributed by atoms with Crippen LogP contribution in [-0.4, -0.2) is 58.3 Å². The molecule has 28 heavy (non-hydrogen) atoms. The van der Waals surface area contributed by atoms with E-state index in [-0.39, 0.29) is 23.9 Å². The first-order valence-corrected chi connectivity index (χ1v) is 10.2. The lowest BCUT2D eigenvalue weighted by molar-refractivity contribution is -0.238. The number of hydrogen-bond donors (Lipinski definition) is 3. The Hall–Kier alpha value is -1.25. The predicted octanol–water partition coefficient (Wildman–Crippen LogP) is 1.02. The van der Waals surface area contributed by atoms with E-state index in [0.717, 1.165) is 12.0 Å². The summed E-state index contributed by atoms with van der Waals surface area (Å²) in [5, 5.41) is 31.4. The summed E-state index contributed by atoms with van der Waals surface area (Å²) in [6.07, 6.45) is 3.19. The molecule has 2 aliphatic carbocycles. The van der Waals surface area contributed by atoms with Gasteiger partial charge in [-0.1, -0.05) is 24.6 Å². The Kier molecular flexibility index (Phi) is 4.10. The Morgan fingerprint density at radius 3 is 2.79 bits per heavy atom. The molecule has 0 radical (unpaired) electrons. The Morgan fingerprint density at radius 1 is 1.21 bits per heavy atom. The molecule has 0 aromatic rings. The van der Waals surface area contributed by atoms with Crippen molar-refractivity contribution in [2.75, 3.05) is 6.61 Å². The minimum absolute atomic E-state index is 0.172. The highest BCUT2D eigenvalue weighted by atomic mass is 16.8. The highest BCUT2D eigenvalue weighted by molar-refractivity contribution is 5.75. The third kappa shape index (κ3) is 2.50. The Balaban J connectivity index is 1.58. The van der Waals surface area contributed by atoms with Gasteiger partial charge in [-0.25, -0.2) is 0 Å². The van der Waals surface area contributed by atoms with Crippen LogP contribution in [0.1, 0.15) is 39.5 Å². The van der Waals surface area contributed by atoms with Gasteiger partial charge in [0.1, 0.15) is 6.10 Å².